The third kappa shape index (κ3) is 2.50. The van der Waals surface area contributed by atoms with Crippen molar-refractivity contribution in [1.29, 1.82) is 0 Å². The van der Waals surface area contributed by atoms with Gasteiger partial charge in [0.2, 0.25) is 5.89 Å². The lowest BCUT2D eigenvalue weighted by Gasteiger charge is -2.04. The molecule has 0 spiro atoms. The Morgan fingerprint density at radius 1 is 1.12 bits per heavy atom. The third-order valence-electron chi connectivity index (χ3n) is 3.89. The zero-order chi connectivity index (χ0) is 16.7. The highest BCUT2D eigenvalue weighted by Gasteiger charge is 2.12. The highest BCUT2D eigenvalue weighted by Crippen LogP contribution is 2.28. The van der Waals surface area contributed by atoms with Crippen molar-refractivity contribution in [2.45, 2.75) is 20.4 Å². The predicted molar refractivity (Wildman–Crippen MR) is 91.9 cm³/mol. The van der Waals surface area contributed by atoms with Crippen LogP contribution in [0.1, 0.15) is 13.8 Å². The molecule has 0 aliphatic rings. The van der Waals surface area contributed by atoms with Gasteiger partial charge in [-0.2, -0.15) is 0 Å². The van der Waals surface area contributed by atoms with E-state index in [1.54, 1.807) is 7.11 Å². The van der Waals surface area contributed by atoms with Gasteiger partial charge in [0, 0.05) is 18.2 Å². The van der Waals surface area contributed by atoms with E-state index in [1.165, 1.54) is 0 Å². The lowest BCUT2D eigenvalue weighted by Crippen LogP contribution is -2.05. The first-order valence-corrected chi connectivity index (χ1v) is 7.92. The molecule has 0 bridgehead atoms. The van der Waals surface area contributed by atoms with Gasteiger partial charge in [0.25, 0.3) is 0 Å². The van der Waals surface area contributed by atoms with E-state index in [1.807, 2.05) is 41.1 Å². The van der Waals surface area contributed by atoms with E-state index in [-0.39, 0.29) is 0 Å². The Hall–Kier alpha value is -2.89. The molecule has 6 nitrogen and oxygen atoms in total. The van der Waals surface area contributed by atoms with Gasteiger partial charge < -0.3 is 9.15 Å². The Labute approximate surface area is 139 Å². The van der Waals surface area contributed by atoms with Crippen LogP contribution in [0.3, 0.4) is 0 Å². The lowest BCUT2D eigenvalue weighted by molar-refractivity contribution is 0.414. The first-order chi connectivity index (χ1) is 11.6. The summed E-state index contributed by atoms with van der Waals surface area (Å²) >= 11 is 0. The standard InChI is InChI=1S/C18H18N4O2/c1-11(2)10-22-16-7-4-12(8-15(16)20-21-22)18-19-14-6-5-13(23-3)9-17(14)24-18/h4-9,11H,10H2,1-3H3. The second-order valence-corrected chi connectivity index (χ2v) is 6.22. The number of benzene rings is 2. The van der Waals surface area contributed by atoms with E-state index in [0.717, 1.165) is 34.4 Å². The largest absolute Gasteiger partial charge is 0.497 e. The summed E-state index contributed by atoms with van der Waals surface area (Å²) in [7, 11) is 1.63. The van der Waals surface area contributed by atoms with Crippen molar-refractivity contribution in [3.8, 4) is 17.2 Å². The lowest BCUT2D eigenvalue weighted by atomic mass is 10.2. The number of ether oxygens (including phenoxy) is 1. The first-order valence-electron chi connectivity index (χ1n) is 7.92. The van der Waals surface area contributed by atoms with Crippen LogP contribution in [0.25, 0.3) is 33.6 Å². The maximum Gasteiger partial charge on any atom is 0.227 e. The van der Waals surface area contributed by atoms with Crippen LogP contribution in [0.2, 0.25) is 0 Å². The van der Waals surface area contributed by atoms with Crippen LogP contribution in [0.4, 0.5) is 0 Å². The molecule has 0 saturated carbocycles. The Bertz CT molecular complexity index is 1020. The number of aromatic nitrogens is 4. The monoisotopic (exact) mass is 322 g/mol. The molecule has 0 aliphatic heterocycles. The molecule has 0 radical (unpaired) electrons. The number of methoxy groups -OCH3 is 1. The van der Waals surface area contributed by atoms with E-state index in [4.69, 9.17) is 9.15 Å². The van der Waals surface area contributed by atoms with E-state index in [2.05, 4.69) is 29.1 Å². The van der Waals surface area contributed by atoms with Crippen LogP contribution in [-0.4, -0.2) is 27.1 Å². The minimum atomic E-state index is 0.515. The molecule has 2 aromatic carbocycles. The maximum absolute atomic E-state index is 5.87. The second-order valence-electron chi connectivity index (χ2n) is 6.22. The molecule has 0 unspecified atom stereocenters. The predicted octanol–water partition coefficient (Wildman–Crippen LogP) is 3.90. The molecule has 2 heterocycles. The fraction of sp³-hybridized carbons (Fsp3) is 0.278. The van der Waals surface area contributed by atoms with Gasteiger partial charge >= 0.3 is 0 Å². The number of hydrogen-bond acceptors (Lipinski definition) is 5. The third-order valence-corrected chi connectivity index (χ3v) is 3.89. The molecule has 0 amide bonds. The minimum absolute atomic E-state index is 0.515. The fourth-order valence-electron chi connectivity index (χ4n) is 2.74. The maximum atomic E-state index is 5.87. The number of oxazole rings is 1. The van der Waals surface area contributed by atoms with Crippen molar-refractivity contribution in [3.63, 3.8) is 0 Å². The highest BCUT2D eigenvalue weighted by atomic mass is 16.5. The summed E-state index contributed by atoms with van der Waals surface area (Å²) < 4.78 is 13.0. The van der Waals surface area contributed by atoms with Crippen LogP contribution >= 0.6 is 0 Å². The van der Waals surface area contributed by atoms with Gasteiger partial charge in [-0.05, 0) is 36.2 Å². The SMILES string of the molecule is COc1ccc2nc(-c3ccc4c(c3)nnn4CC(C)C)oc2c1. The van der Waals surface area contributed by atoms with Crippen molar-refractivity contribution in [3.05, 3.63) is 36.4 Å². The van der Waals surface area contributed by atoms with E-state index >= 15 is 0 Å². The molecular weight excluding hydrogens is 304 g/mol. The highest BCUT2D eigenvalue weighted by molar-refractivity contribution is 5.82. The molecule has 2 aromatic heterocycles. The molecule has 0 saturated heterocycles. The Balaban J connectivity index is 1.76. The summed E-state index contributed by atoms with van der Waals surface area (Å²) in [6.07, 6.45) is 0. The Morgan fingerprint density at radius 3 is 2.79 bits per heavy atom. The van der Waals surface area contributed by atoms with Crippen molar-refractivity contribution < 1.29 is 9.15 Å². The van der Waals surface area contributed by atoms with Gasteiger partial charge in [-0.1, -0.05) is 19.1 Å². The van der Waals surface area contributed by atoms with Gasteiger partial charge in [0.05, 0.1) is 12.6 Å². The zero-order valence-electron chi connectivity index (χ0n) is 13.9. The summed E-state index contributed by atoms with van der Waals surface area (Å²) in [4.78, 5) is 4.54. The van der Waals surface area contributed by atoms with E-state index in [0.29, 0.717) is 17.4 Å². The van der Waals surface area contributed by atoms with Crippen molar-refractivity contribution >= 4 is 22.1 Å². The molecule has 0 N–H and O–H groups in total. The smallest absolute Gasteiger partial charge is 0.227 e. The average molecular weight is 322 g/mol. The van der Waals surface area contributed by atoms with Crippen molar-refractivity contribution in [1.82, 2.24) is 20.0 Å². The summed E-state index contributed by atoms with van der Waals surface area (Å²) in [6, 6.07) is 11.6. The van der Waals surface area contributed by atoms with E-state index in [9.17, 15) is 0 Å². The molecule has 24 heavy (non-hydrogen) atoms. The average Bonchev–Trinajstić information content (AvgIpc) is 3.17. The fourth-order valence-corrected chi connectivity index (χ4v) is 2.74. The zero-order valence-corrected chi connectivity index (χ0v) is 13.9. The summed E-state index contributed by atoms with van der Waals surface area (Å²) in [5, 5.41) is 8.50. The molecule has 0 fully saturated rings. The van der Waals surface area contributed by atoms with Gasteiger partial charge in [-0.3, -0.25) is 0 Å². The Morgan fingerprint density at radius 2 is 2.00 bits per heavy atom. The van der Waals surface area contributed by atoms with Gasteiger partial charge in [-0.15, -0.1) is 5.10 Å². The normalized spacial score (nSPS) is 11.7. The first kappa shape index (κ1) is 14.7. The van der Waals surface area contributed by atoms with Gasteiger partial charge in [0.1, 0.15) is 16.8 Å². The van der Waals surface area contributed by atoms with Crippen molar-refractivity contribution in [2.75, 3.05) is 7.11 Å². The summed E-state index contributed by atoms with van der Waals surface area (Å²) in [5.74, 6) is 1.83. The van der Waals surface area contributed by atoms with Gasteiger partial charge in [-0.25, -0.2) is 9.67 Å². The second kappa shape index (κ2) is 5.63. The molecule has 122 valence electrons. The molecule has 4 rings (SSSR count). The molecule has 0 atom stereocenters. The van der Waals surface area contributed by atoms with Crippen LogP contribution in [-0.2, 0) is 6.54 Å². The molecule has 6 heteroatoms. The molecule has 0 aliphatic carbocycles. The number of rotatable bonds is 4. The Kier molecular flexibility index (Phi) is 3.45. The number of hydrogen-bond donors (Lipinski definition) is 0. The molecular formula is C18H18N4O2. The topological polar surface area (TPSA) is 66.0 Å². The molecule has 4 aromatic rings. The van der Waals surface area contributed by atoms with Crippen LogP contribution in [0.15, 0.2) is 40.8 Å². The number of fused-ring (bicyclic) bond motifs is 2. The summed E-state index contributed by atoms with van der Waals surface area (Å²) in [6.45, 7) is 5.17. The van der Waals surface area contributed by atoms with Crippen molar-refractivity contribution in [2.24, 2.45) is 5.92 Å². The van der Waals surface area contributed by atoms with Crippen LogP contribution in [0.5, 0.6) is 5.75 Å². The summed E-state index contributed by atoms with van der Waals surface area (Å²) in [5.41, 5.74) is 4.25. The van der Waals surface area contributed by atoms with E-state index < -0.39 is 0 Å². The van der Waals surface area contributed by atoms with Crippen LogP contribution < -0.4 is 4.74 Å². The minimum Gasteiger partial charge on any atom is -0.497 e. The quantitative estimate of drug-likeness (QED) is 0.570. The van der Waals surface area contributed by atoms with Crippen LogP contribution in [0, 0.1) is 5.92 Å². The van der Waals surface area contributed by atoms with Gasteiger partial charge in [0.15, 0.2) is 5.58 Å². The number of nitrogens with zero attached hydrogens (tertiary/aromatic N) is 4.